The number of hydrogen-bond acceptors (Lipinski definition) is 2. The predicted molar refractivity (Wildman–Crippen MR) is 70.5 cm³/mol. The molecule has 18 heavy (non-hydrogen) atoms. The summed E-state index contributed by atoms with van der Waals surface area (Å²) < 4.78 is 1.96. The summed E-state index contributed by atoms with van der Waals surface area (Å²) >= 11 is 0. The molecule has 0 saturated heterocycles. The number of rotatable bonds is 3. The number of nitrogens with two attached hydrogens (primary N) is 1. The van der Waals surface area contributed by atoms with Gasteiger partial charge in [0, 0.05) is 11.3 Å². The van der Waals surface area contributed by atoms with Crippen LogP contribution in [0.3, 0.4) is 0 Å². The Morgan fingerprint density at radius 3 is 2.50 bits per heavy atom. The van der Waals surface area contributed by atoms with Crippen molar-refractivity contribution >= 4 is 5.91 Å². The lowest BCUT2D eigenvalue weighted by molar-refractivity contribution is 0.1000. The van der Waals surface area contributed by atoms with Crippen molar-refractivity contribution in [1.29, 1.82) is 0 Å². The lowest BCUT2D eigenvalue weighted by Gasteiger charge is -2.09. The van der Waals surface area contributed by atoms with Gasteiger partial charge in [-0.15, -0.1) is 0 Å². The molecule has 0 aliphatic carbocycles. The third-order valence-electron chi connectivity index (χ3n) is 3.05. The summed E-state index contributed by atoms with van der Waals surface area (Å²) in [4.78, 5) is 11.1. The Hall–Kier alpha value is -2.10. The fourth-order valence-electron chi connectivity index (χ4n) is 2.02. The first-order valence-corrected chi connectivity index (χ1v) is 5.88. The SMILES string of the molecule is Cc1cc(C)n(Cc2ccc(C(N)=O)cc2C)n1. The summed E-state index contributed by atoms with van der Waals surface area (Å²) in [7, 11) is 0. The van der Waals surface area contributed by atoms with Crippen LogP contribution in [0.1, 0.15) is 32.9 Å². The van der Waals surface area contributed by atoms with Gasteiger partial charge in [-0.3, -0.25) is 9.48 Å². The molecule has 0 bridgehead atoms. The number of amides is 1. The van der Waals surface area contributed by atoms with Crippen LogP contribution >= 0.6 is 0 Å². The zero-order valence-electron chi connectivity index (χ0n) is 10.9. The van der Waals surface area contributed by atoms with Crippen LogP contribution in [0.4, 0.5) is 0 Å². The number of primary amides is 1. The van der Waals surface area contributed by atoms with E-state index in [-0.39, 0.29) is 0 Å². The fourth-order valence-corrected chi connectivity index (χ4v) is 2.02. The van der Waals surface area contributed by atoms with Gasteiger partial charge in [-0.25, -0.2) is 0 Å². The second kappa shape index (κ2) is 4.64. The van der Waals surface area contributed by atoms with Gasteiger partial charge in [0.15, 0.2) is 0 Å². The average Bonchev–Trinajstić information content (AvgIpc) is 2.60. The Morgan fingerprint density at radius 1 is 1.28 bits per heavy atom. The molecule has 4 heteroatoms. The van der Waals surface area contributed by atoms with E-state index >= 15 is 0 Å². The van der Waals surface area contributed by atoms with Crippen LogP contribution < -0.4 is 5.73 Å². The first-order chi connectivity index (χ1) is 8.47. The minimum Gasteiger partial charge on any atom is -0.366 e. The van der Waals surface area contributed by atoms with E-state index in [2.05, 4.69) is 5.10 Å². The van der Waals surface area contributed by atoms with E-state index in [1.807, 2.05) is 43.7 Å². The van der Waals surface area contributed by atoms with Gasteiger partial charge in [0.1, 0.15) is 0 Å². The highest BCUT2D eigenvalue weighted by Gasteiger charge is 2.07. The number of carbonyl (C=O) groups is 1. The molecule has 1 aromatic heterocycles. The molecular weight excluding hydrogens is 226 g/mol. The third kappa shape index (κ3) is 2.42. The van der Waals surface area contributed by atoms with Crippen LogP contribution in [0.15, 0.2) is 24.3 Å². The summed E-state index contributed by atoms with van der Waals surface area (Å²) in [5.74, 6) is -0.393. The molecule has 94 valence electrons. The zero-order chi connectivity index (χ0) is 13.3. The number of hydrogen-bond donors (Lipinski definition) is 1. The summed E-state index contributed by atoms with van der Waals surface area (Å²) in [5.41, 5.74) is 10.1. The lowest BCUT2D eigenvalue weighted by Crippen LogP contribution is -2.12. The topological polar surface area (TPSA) is 60.9 Å². The number of aromatic nitrogens is 2. The van der Waals surface area contributed by atoms with Crippen molar-refractivity contribution in [3.05, 3.63) is 52.3 Å². The maximum absolute atomic E-state index is 11.1. The van der Waals surface area contributed by atoms with Crippen LogP contribution in [0.5, 0.6) is 0 Å². The number of benzene rings is 1. The highest BCUT2D eigenvalue weighted by Crippen LogP contribution is 2.14. The third-order valence-corrected chi connectivity index (χ3v) is 3.05. The molecule has 1 heterocycles. The van der Waals surface area contributed by atoms with E-state index in [0.717, 1.165) is 22.5 Å². The van der Waals surface area contributed by atoms with Gasteiger partial charge in [-0.05, 0) is 50.1 Å². The molecule has 0 radical (unpaired) electrons. The maximum atomic E-state index is 11.1. The van der Waals surface area contributed by atoms with Crippen LogP contribution in [0, 0.1) is 20.8 Å². The van der Waals surface area contributed by atoms with Crippen molar-refractivity contribution in [1.82, 2.24) is 9.78 Å². The maximum Gasteiger partial charge on any atom is 0.248 e. The molecule has 4 nitrogen and oxygen atoms in total. The molecule has 1 amide bonds. The quantitative estimate of drug-likeness (QED) is 0.895. The molecule has 2 aromatic rings. The minimum absolute atomic E-state index is 0.393. The fraction of sp³-hybridized carbons (Fsp3) is 0.286. The standard InChI is InChI=1S/C14H17N3O/c1-9-6-12(14(15)18)4-5-13(9)8-17-11(3)7-10(2)16-17/h4-7H,8H2,1-3H3,(H2,15,18). The Bertz CT molecular complexity index is 599. The Morgan fingerprint density at radius 2 is 2.00 bits per heavy atom. The van der Waals surface area contributed by atoms with Crippen LogP contribution in [0.25, 0.3) is 0 Å². The zero-order valence-corrected chi connectivity index (χ0v) is 10.9. The molecule has 0 unspecified atom stereocenters. The molecule has 0 atom stereocenters. The Kier molecular flexibility index (Phi) is 3.19. The first kappa shape index (κ1) is 12.4. The van der Waals surface area contributed by atoms with E-state index in [1.54, 1.807) is 6.07 Å². The highest BCUT2D eigenvalue weighted by atomic mass is 16.1. The molecule has 0 saturated carbocycles. The van der Waals surface area contributed by atoms with E-state index in [4.69, 9.17) is 5.73 Å². The molecule has 0 spiro atoms. The van der Waals surface area contributed by atoms with E-state index in [1.165, 1.54) is 0 Å². The normalized spacial score (nSPS) is 10.6. The van der Waals surface area contributed by atoms with Crippen LogP contribution in [-0.4, -0.2) is 15.7 Å². The first-order valence-electron chi connectivity index (χ1n) is 5.88. The van der Waals surface area contributed by atoms with Crippen molar-refractivity contribution in [2.24, 2.45) is 5.73 Å². The number of carbonyl (C=O) groups excluding carboxylic acids is 1. The largest absolute Gasteiger partial charge is 0.366 e. The van der Waals surface area contributed by atoms with E-state index in [9.17, 15) is 4.79 Å². The van der Waals surface area contributed by atoms with Gasteiger partial charge in [0.05, 0.1) is 12.2 Å². The summed E-state index contributed by atoms with van der Waals surface area (Å²) in [6, 6.07) is 7.57. The highest BCUT2D eigenvalue weighted by molar-refractivity contribution is 5.93. The number of nitrogens with zero attached hydrogens (tertiary/aromatic N) is 2. The van der Waals surface area contributed by atoms with Crippen molar-refractivity contribution < 1.29 is 4.79 Å². The van der Waals surface area contributed by atoms with Gasteiger partial charge >= 0.3 is 0 Å². The van der Waals surface area contributed by atoms with E-state index < -0.39 is 5.91 Å². The molecule has 1 aromatic carbocycles. The van der Waals surface area contributed by atoms with Gasteiger partial charge < -0.3 is 5.73 Å². The molecule has 0 fully saturated rings. The monoisotopic (exact) mass is 243 g/mol. The minimum atomic E-state index is -0.393. The van der Waals surface area contributed by atoms with Gasteiger partial charge in [-0.2, -0.15) is 5.10 Å². The average molecular weight is 243 g/mol. The molecule has 2 rings (SSSR count). The molecule has 0 aliphatic rings. The van der Waals surface area contributed by atoms with Crippen molar-refractivity contribution in [3.8, 4) is 0 Å². The molecule has 0 aliphatic heterocycles. The molecule has 2 N–H and O–H groups in total. The smallest absolute Gasteiger partial charge is 0.248 e. The van der Waals surface area contributed by atoms with Gasteiger partial charge in [-0.1, -0.05) is 6.07 Å². The van der Waals surface area contributed by atoms with Crippen molar-refractivity contribution in [2.45, 2.75) is 27.3 Å². The summed E-state index contributed by atoms with van der Waals surface area (Å²) in [5, 5.41) is 4.43. The molecular formula is C14H17N3O. The lowest BCUT2D eigenvalue weighted by atomic mass is 10.0. The van der Waals surface area contributed by atoms with Crippen molar-refractivity contribution in [3.63, 3.8) is 0 Å². The van der Waals surface area contributed by atoms with Gasteiger partial charge in [0.25, 0.3) is 0 Å². The summed E-state index contributed by atoms with van der Waals surface area (Å²) in [6.45, 7) is 6.71. The Balaban J connectivity index is 2.30. The van der Waals surface area contributed by atoms with E-state index in [0.29, 0.717) is 12.1 Å². The second-order valence-corrected chi connectivity index (χ2v) is 4.59. The summed E-state index contributed by atoms with van der Waals surface area (Å²) in [6.07, 6.45) is 0. The predicted octanol–water partition coefficient (Wildman–Crippen LogP) is 1.96. The number of aryl methyl sites for hydroxylation is 3. The van der Waals surface area contributed by atoms with Gasteiger partial charge in [0.2, 0.25) is 5.91 Å². The van der Waals surface area contributed by atoms with Crippen LogP contribution in [-0.2, 0) is 6.54 Å². The second-order valence-electron chi connectivity index (χ2n) is 4.59. The van der Waals surface area contributed by atoms with Crippen LogP contribution in [0.2, 0.25) is 0 Å². The van der Waals surface area contributed by atoms with Crippen molar-refractivity contribution in [2.75, 3.05) is 0 Å². The Labute approximate surface area is 106 Å².